The molecule has 1 rings (SSSR count). The Hall–Kier alpha value is -0.120. The van der Waals surface area contributed by atoms with Gasteiger partial charge in [-0.15, -0.1) is 0 Å². The van der Waals surface area contributed by atoms with Crippen LogP contribution < -0.4 is 5.32 Å². The van der Waals surface area contributed by atoms with Crippen LogP contribution in [0.1, 0.15) is 40.0 Å². The van der Waals surface area contributed by atoms with Gasteiger partial charge in [-0.25, -0.2) is 0 Å². The lowest BCUT2D eigenvalue weighted by atomic mass is 10.2. The Labute approximate surface area is 99.9 Å². The maximum absolute atomic E-state index is 5.76. The van der Waals surface area contributed by atoms with Gasteiger partial charge in [0, 0.05) is 19.2 Å². The zero-order valence-electron chi connectivity index (χ0n) is 11.0. The molecule has 1 unspecified atom stereocenters. The van der Waals surface area contributed by atoms with Crippen molar-refractivity contribution in [2.45, 2.75) is 52.2 Å². The molecule has 16 heavy (non-hydrogen) atoms. The van der Waals surface area contributed by atoms with Gasteiger partial charge in [0.2, 0.25) is 0 Å². The molecule has 96 valence electrons. The maximum Gasteiger partial charge on any atom is 0.0704 e. The third-order valence-electron chi connectivity index (χ3n) is 2.70. The summed E-state index contributed by atoms with van der Waals surface area (Å²) in [5.74, 6) is 0.610. The highest BCUT2D eigenvalue weighted by Crippen LogP contribution is 2.18. The lowest BCUT2D eigenvalue weighted by Gasteiger charge is -2.17. The van der Waals surface area contributed by atoms with Crippen LogP contribution in [-0.2, 0) is 9.47 Å². The summed E-state index contributed by atoms with van der Waals surface area (Å²) in [5, 5.41) is 3.50. The molecule has 1 aliphatic carbocycles. The van der Waals surface area contributed by atoms with Crippen LogP contribution in [0.2, 0.25) is 0 Å². The fraction of sp³-hybridized carbons (Fsp3) is 1.00. The first-order valence-corrected chi connectivity index (χ1v) is 6.65. The molecule has 1 aliphatic rings. The number of hydrogen-bond acceptors (Lipinski definition) is 3. The van der Waals surface area contributed by atoms with Crippen molar-refractivity contribution in [1.82, 2.24) is 5.32 Å². The Morgan fingerprint density at radius 3 is 2.56 bits per heavy atom. The van der Waals surface area contributed by atoms with Crippen molar-refractivity contribution in [2.24, 2.45) is 5.92 Å². The quantitative estimate of drug-likeness (QED) is 0.583. The number of hydrogen-bond donors (Lipinski definition) is 1. The molecule has 0 spiro atoms. The molecule has 0 aromatic rings. The molecule has 1 saturated carbocycles. The van der Waals surface area contributed by atoms with Gasteiger partial charge in [-0.1, -0.05) is 20.8 Å². The van der Waals surface area contributed by atoms with Gasteiger partial charge in [0.1, 0.15) is 0 Å². The summed E-state index contributed by atoms with van der Waals surface area (Å²) in [6, 6.07) is 0.773. The second-order valence-corrected chi connectivity index (χ2v) is 5.05. The van der Waals surface area contributed by atoms with E-state index >= 15 is 0 Å². The van der Waals surface area contributed by atoms with E-state index in [0.29, 0.717) is 12.0 Å². The van der Waals surface area contributed by atoms with Crippen LogP contribution in [0.25, 0.3) is 0 Å². The summed E-state index contributed by atoms with van der Waals surface area (Å²) < 4.78 is 11.2. The highest BCUT2D eigenvalue weighted by atomic mass is 16.5. The molecular weight excluding hydrogens is 202 g/mol. The van der Waals surface area contributed by atoms with E-state index < -0.39 is 0 Å². The first-order chi connectivity index (χ1) is 7.72. The summed E-state index contributed by atoms with van der Waals surface area (Å²) in [5.41, 5.74) is 0. The summed E-state index contributed by atoms with van der Waals surface area (Å²) in [4.78, 5) is 0. The van der Waals surface area contributed by atoms with E-state index in [1.54, 1.807) is 0 Å². The van der Waals surface area contributed by atoms with Gasteiger partial charge in [0.15, 0.2) is 0 Å². The minimum atomic E-state index is 0.350. The molecule has 1 atom stereocenters. The van der Waals surface area contributed by atoms with Crippen LogP contribution in [0.15, 0.2) is 0 Å². The Morgan fingerprint density at radius 1 is 1.25 bits per heavy atom. The van der Waals surface area contributed by atoms with Crippen molar-refractivity contribution >= 4 is 0 Å². The van der Waals surface area contributed by atoms with E-state index in [-0.39, 0.29) is 0 Å². The van der Waals surface area contributed by atoms with Crippen LogP contribution in [0.3, 0.4) is 0 Å². The van der Waals surface area contributed by atoms with Crippen LogP contribution in [0.5, 0.6) is 0 Å². The first kappa shape index (κ1) is 13.9. The van der Waals surface area contributed by atoms with E-state index in [1.807, 2.05) is 0 Å². The molecule has 1 N–H and O–H groups in total. The topological polar surface area (TPSA) is 30.5 Å². The third kappa shape index (κ3) is 7.20. The van der Waals surface area contributed by atoms with Crippen LogP contribution >= 0.6 is 0 Å². The van der Waals surface area contributed by atoms with Crippen molar-refractivity contribution in [1.29, 1.82) is 0 Å². The highest BCUT2D eigenvalue weighted by Gasteiger charge is 2.21. The molecule has 0 heterocycles. The zero-order valence-corrected chi connectivity index (χ0v) is 11.0. The van der Waals surface area contributed by atoms with Gasteiger partial charge in [0.25, 0.3) is 0 Å². The molecule has 0 amide bonds. The van der Waals surface area contributed by atoms with Gasteiger partial charge < -0.3 is 14.8 Å². The summed E-state index contributed by atoms with van der Waals surface area (Å²) >= 11 is 0. The van der Waals surface area contributed by atoms with E-state index in [2.05, 4.69) is 26.1 Å². The second kappa shape index (κ2) is 8.04. The molecule has 0 bridgehead atoms. The normalized spacial score (nSPS) is 18.0. The Balaban J connectivity index is 1.91. The van der Waals surface area contributed by atoms with Crippen molar-refractivity contribution in [3.8, 4) is 0 Å². The van der Waals surface area contributed by atoms with E-state index in [1.165, 1.54) is 12.8 Å². The Kier molecular flexibility index (Phi) is 7.01. The smallest absolute Gasteiger partial charge is 0.0704 e. The molecular formula is C13H27NO2. The number of nitrogens with one attached hydrogen (secondary N) is 1. The number of rotatable bonds is 10. The maximum atomic E-state index is 5.76. The van der Waals surface area contributed by atoms with E-state index in [4.69, 9.17) is 9.47 Å². The van der Waals surface area contributed by atoms with Gasteiger partial charge >= 0.3 is 0 Å². The summed E-state index contributed by atoms with van der Waals surface area (Å²) in [6.07, 6.45) is 4.11. The van der Waals surface area contributed by atoms with Crippen LogP contribution in [0, 0.1) is 5.92 Å². The monoisotopic (exact) mass is 229 g/mol. The second-order valence-electron chi connectivity index (χ2n) is 5.05. The van der Waals surface area contributed by atoms with Crippen molar-refractivity contribution in [3.63, 3.8) is 0 Å². The van der Waals surface area contributed by atoms with Crippen molar-refractivity contribution < 1.29 is 9.47 Å². The SMILES string of the molecule is CCC(CNC1CC1)OCCOCC(C)C. The predicted octanol–water partition coefficient (Wildman–Crippen LogP) is 2.21. The molecule has 0 saturated heterocycles. The molecule has 1 fully saturated rings. The summed E-state index contributed by atoms with van der Waals surface area (Å²) in [7, 11) is 0. The van der Waals surface area contributed by atoms with Crippen molar-refractivity contribution in [2.75, 3.05) is 26.4 Å². The minimum absolute atomic E-state index is 0.350. The van der Waals surface area contributed by atoms with Gasteiger partial charge in [0.05, 0.1) is 19.3 Å². The van der Waals surface area contributed by atoms with Gasteiger partial charge in [-0.3, -0.25) is 0 Å². The van der Waals surface area contributed by atoms with Gasteiger partial charge in [-0.2, -0.15) is 0 Å². The Bertz CT molecular complexity index is 169. The number of ether oxygens (including phenoxy) is 2. The minimum Gasteiger partial charge on any atom is -0.379 e. The molecule has 3 nitrogen and oxygen atoms in total. The fourth-order valence-electron chi connectivity index (χ4n) is 1.50. The molecule has 0 aromatic carbocycles. The molecule has 0 aliphatic heterocycles. The van der Waals surface area contributed by atoms with E-state index in [0.717, 1.165) is 38.8 Å². The molecule has 0 radical (unpaired) electrons. The molecule has 3 heteroatoms. The van der Waals surface area contributed by atoms with E-state index in [9.17, 15) is 0 Å². The molecule has 0 aromatic heterocycles. The van der Waals surface area contributed by atoms with Crippen LogP contribution in [-0.4, -0.2) is 38.5 Å². The lowest BCUT2D eigenvalue weighted by molar-refractivity contribution is -0.00160. The van der Waals surface area contributed by atoms with Crippen LogP contribution in [0.4, 0.5) is 0 Å². The fourth-order valence-corrected chi connectivity index (χ4v) is 1.50. The summed E-state index contributed by atoms with van der Waals surface area (Å²) in [6.45, 7) is 9.76. The zero-order chi connectivity index (χ0) is 11.8. The highest BCUT2D eigenvalue weighted by molar-refractivity contribution is 4.81. The average Bonchev–Trinajstić information content (AvgIpc) is 3.05. The predicted molar refractivity (Wildman–Crippen MR) is 66.7 cm³/mol. The van der Waals surface area contributed by atoms with Gasteiger partial charge in [-0.05, 0) is 25.2 Å². The van der Waals surface area contributed by atoms with Crippen molar-refractivity contribution in [3.05, 3.63) is 0 Å². The first-order valence-electron chi connectivity index (χ1n) is 6.65. The average molecular weight is 229 g/mol. The third-order valence-corrected chi connectivity index (χ3v) is 2.70. The Morgan fingerprint density at radius 2 is 2.00 bits per heavy atom. The lowest BCUT2D eigenvalue weighted by Crippen LogP contribution is -2.31. The largest absolute Gasteiger partial charge is 0.379 e. The standard InChI is InChI=1S/C13H27NO2/c1-4-13(9-14-12-5-6-12)16-8-7-15-10-11(2)3/h11-14H,4-10H2,1-3H3.